The summed E-state index contributed by atoms with van der Waals surface area (Å²) in [5.41, 5.74) is 0. The van der Waals surface area contributed by atoms with Crippen molar-refractivity contribution >= 4 is 5.91 Å². The molecule has 1 aliphatic rings. The molecular formula is C68H131NO8. The highest BCUT2D eigenvalue weighted by Crippen LogP contribution is 2.24. The van der Waals surface area contributed by atoms with Crippen molar-refractivity contribution in [2.24, 2.45) is 0 Å². The zero-order valence-corrected chi connectivity index (χ0v) is 51.0. The number of hydrogen-bond donors (Lipinski definition) is 6. The first-order chi connectivity index (χ1) is 37.8. The molecule has 1 fully saturated rings. The predicted molar refractivity (Wildman–Crippen MR) is 327 cm³/mol. The van der Waals surface area contributed by atoms with Crippen LogP contribution < -0.4 is 5.32 Å². The number of nitrogens with one attached hydrogen (secondary N) is 1. The first-order valence-corrected chi connectivity index (χ1v) is 34.0. The minimum atomic E-state index is -1.55. The van der Waals surface area contributed by atoms with Crippen LogP contribution in [0.2, 0.25) is 0 Å². The third-order valence-electron chi connectivity index (χ3n) is 16.6. The van der Waals surface area contributed by atoms with Gasteiger partial charge >= 0.3 is 0 Å². The highest BCUT2D eigenvalue weighted by atomic mass is 16.7. The number of allylic oxidation sites excluding steroid dienone is 4. The van der Waals surface area contributed by atoms with E-state index >= 15 is 0 Å². The Balaban J connectivity index is 2.12. The van der Waals surface area contributed by atoms with E-state index in [2.05, 4.69) is 43.5 Å². The van der Waals surface area contributed by atoms with E-state index in [9.17, 15) is 30.3 Å². The topological polar surface area (TPSA) is 149 Å². The summed E-state index contributed by atoms with van der Waals surface area (Å²) in [7, 11) is 0. The SMILES string of the molecule is CCCCCCCCCCC/C=C\C/C=C\CCCCCCCCCCCCCCCCCC(=O)NC(COC1OC(CO)C(O)C(O)C1O)C(O)CCCCCCCCCCCCCCCCCCCCCCCCC. The van der Waals surface area contributed by atoms with Crippen molar-refractivity contribution in [1.29, 1.82) is 0 Å². The zero-order valence-electron chi connectivity index (χ0n) is 51.0. The molecule has 0 saturated carbocycles. The fourth-order valence-corrected chi connectivity index (χ4v) is 11.2. The van der Waals surface area contributed by atoms with E-state index in [0.717, 1.165) is 44.9 Å². The molecule has 1 aliphatic heterocycles. The largest absolute Gasteiger partial charge is 0.394 e. The average molecular weight is 1090 g/mol. The smallest absolute Gasteiger partial charge is 0.220 e. The normalized spacial score (nSPS) is 18.8. The number of hydrogen-bond acceptors (Lipinski definition) is 8. The number of rotatable bonds is 60. The summed E-state index contributed by atoms with van der Waals surface area (Å²) in [4.78, 5) is 13.1. The molecule has 0 aromatic carbocycles. The van der Waals surface area contributed by atoms with Crippen molar-refractivity contribution in [2.75, 3.05) is 13.2 Å². The second-order valence-electron chi connectivity index (χ2n) is 24.0. The van der Waals surface area contributed by atoms with Crippen molar-refractivity contribution in [1.82, 2.24) is 5.32 Å². The molecule has 0 aliphatic carbocycles. The van der Waals surface area contributed by atoms with E-state index in [-0.39, 0.29) is 12.5 Å². The minimum Gasteiger partial charge on any atom is -0.394 e. The van der Waals surface area contributed by atoms with Gasteiger partial charge in [0, 0.05) is 6.42 Å². The van der Waals surface area contributed by atoms with E-state index in [1.54, 1.807) is 0 Å². The lowest BCUT2D eigenvalue weighted by molar-refractivity contribution is -0.302. The Kier molecular flexibility index (Phi) is 55.4. The Bertz CT molecular complexity index is 1260. The molecule has 77 heavy (non-hydrogen) atoms. The maximum absolute atomic E-state index is 13.1. The van der Waals surface area contributed by atoms with Crippen LogP contribution in [0.3, 0.4) is 0 Å². The van der Waals surface area contributed by atoms with Gasteiger partial charge in [-0.2, -0.15) is 0 Å². The molecule has 7 atom stereocenters. The Morgan fingerprint density at radius 2 is 0.766 bits per heavy atom. The van der Waals surface area contributed by atoms with Crippen molar-refractivity contribution in [3.8, 4) is 0 Å². The fourth-order valence-electron chi connectivity index (χ4n) is 11.2. The highest BCUT2D eigenvalue weighted by Gasteiger charge is 2.44. The highest BCUT2D eigenvalue weighted by molar-refractivity contribution is 5.76. The van der Waals surface area contributed by atoms with Crippen molar-refractivity contribution in [3.05, 3.63) is 24.3 Å². The summed E-state index contributed by atoms with van der Waals surface area (Å²) >= 11 is 0. The molecule has 9 nitrogen and oxygen atoms in total. The third-order valence-corrected chi connectivity index (χ3v) is 16.6. The van der Waals surface area contributed by atoms with Crippen molar-refractivity contribution < 1.29 is 39.8 Å². The van der Waals surface area contributed by atoms with Crippen LogP contribution in [0.4, 0.5) is 0 Å². The Morgan fingerprint density at radius 1 is 0.442 bits per heavy atom. The molecule has 7 unspecified atom stereocenters. The molecule has 0 aromatic heterocycles. The quantitative estimate of drug-likeness (QED) is 0.0261. The van der Waals surface area contributed by atoms with Gasteiger partial charge in [0.25, 0.3) is 0 Å². The first kappa shape index (κ1) is 73.7. The predicted octanol–water partition coefficient (Wildman–Crippen LogP) is 18.1. The van der Waals surface area contributed by atoms with Crippen LogP contribution >= 0.6 is 0 Å². The van der Waals surface area contributed by atoms with E-state index in [0.29, 0.717) is 12.8 Å². The summed E-state index contributed by atoms with van der Waals surface area (Å²) in [5, 5.41) is 54.9. The molecule has 456 valence electrons. The summed E-state index contributed by atoms with van der Waals surface area (Å²) in [6.07, 6.45) is 68.1. The van der Waals surface area contributed by atoms with Crippen LogP contribution in [0.5, 0.6) is 0 Å². The van der Waals surface area contributed by atoms with Gasteiger partial charge in [-0.1, -0.05) is 321 Å². The molecule has 1 heterocycles. The monoisotopic (exact) mass is 1090 g/mol. The molecular weight excluding hydrogens is 959 g/mol. The van der Waals surface area contributed by atoms with Gasteiger partial charge in [-0.3, -0.25) is 4.79 Å². The molecule has 0 radical (unpaired) electrons. The second kappa shape index (κ2) is 57.9. The number of aliphatic hydroxyl groups excluding tert-OH is 5. The van der Waals surface area contributed by atoms with Crippen LogP contribution in [-0.4, -0.2) is 87.5 Å². The van der Waals surface area contributed by atoms with Gasteiger partial charge < -0.3 is 40.3 Å². The van der Waals surface area contributed by atoms with E-state index in [4.69, 9.17) is 9.47 Å². The Labute approximate surface area is 477 Å². The average Bonchev–Trinajstić information content (AvgIpc) is 3.43. The minimum absolute atomic E-state index is 0.134. The number of amides is 1. The molecule has 1 saturated heterocycles. The van der Waals surface area contributed by atoms with Crippen LogP contribution in [0, 0.1) is 0 Å². The third kappa shape index (κ3) is 46.9. The summed E-state index contributed by atoms with van der Waals surface area (Å²) < 4.78 is 11.4. The number of carbonyl (C=O) groups excluding carboxylic acids is 1. The fraction of sp³-hybridized carbons (Fsp3) is 0.926. The molecule has 1 amide bonds. The van der Waals surface area contributed by atoms with Crippen molar-refractivity contribution in [2.45, 2.75) is 391 Å². The second-order valence-corrected chi connectivity index (χ2v) is 24.0. The van der Waals surface area contributed by atoms with Gasteiger partial charge in [0.15, 0.2) is 6.29 Å². The molecule has 6 N–H and O–H groups in total. The van der Waals surface area contributed by atoms with Gasteiger partial charge in [-0.15, -0.1) is 0 Å². The van der Waals surface area contributed by atoms with Crippen LogP contribution in [-0.2, 0) is 14.3 Å². The Morgan fingerprint density at radius 3 is 1.12 bits per heavy atom. The lowest BCUT2D eigenvalue weighted by Gasteiger charge is -2.40. The molecule has 9 heteroatoms. The van der Waals surface area contributed by atoms with E-state index in [1.807, 2.05) is 0 Å². The lowest BCUT2D eigenvalue weighted by Crippen LogP contribution is -2.60. The first-order valence-electron chi connectivity index (χ1n) is 34.0. The maximum Gasteiger partial charge on any atom is 0.220 e. The van der Waals surface area contributed by atoms with Gasteiger partial charge in [-0.05, 0) is 44.9 Å². The zero-order chi connectivity index (χ0) is 55.8. The Hall–Kier alpha value is -1.33. The number of aliphatic hydroxyl groups is 5. The van der Waals surface area contributed by atoms with Gasteiger partial charge in [-0.25, -0.2) is 0 Å². The number of carbonyl (C=O) groups is 1. The standard InChI is InChI=1S/C68H131NO8/c1-3-5-7-9-11-13-15-17-19-21-23-25-27-28-29-30-31-32-33-34-36-38-40-42-44-46-48-50-52-54-56-58-64(72)69-61(60-76-68-67(75)66(74)65(73)63(59-70)77-68)62(71)57-55-53-51-49-47-45-43-41-39-37-35-26-24-22-20-18-16-14-12-10-8-6-4-2/h23,25,28-29,61-63,65-68,70-71,73-75H,3-22,24,26-27,30-60H2,1-2H3,(H,69,72)/b25-23-,29-28-. The van der Waals surface area contributed by atoms with Gasteiger partial charge in [0.1, 0.15) is 24.4 Å². The lowest BCUT2D eigenvalue weighted by atomic mass is 9.99. The van der Waals surface area contributed by atoms with Crippen LogP contribution in [0.15, 0.2) is 24.3 Å². The summed E-state index contributed by atoms with van der Waals surface area (Å²) in [6.45, 7) is 3.89. The van der Waals surface area contributed by atoms with Gasteiger partial charge in [0.2, 0.25) is 5.91 Å². The van der Waals surface area contributed by atoms with E-state index in [1.165, 1.54) is 276 Å². The number of ether oxygens (including phenoxy) is 2. The van der Waals surface area contributed by atoms with Gasteiger partial charge in [0.05, 0.1) is 25.4 Å². The van der Waals surface area contributed by atoms with Crippen LogP contribution in [0.1, 0.15) is 348 Å². The van der Waals surface area contributed by atoms with Crippen molar-refractivity contribution in [3.63, 3.8) is 0 Å². The molecule has 0 spiro atoms. The molecule has 0 bridgehead atoms. The van der Waals surface area contributed by atoms with Crippen LogP contribution in [0.25, 0.3) is 0 Å². The summed E-state index contributed by atoms with van der Waals surface area (Å²) in [5.74, 6) is -0.138. The number of unbranched alkanes of at least 4 members (excludes halogenated alkanes) is 46. The summed E-state index contributed by atoms with van der Waals surface area (Å²) in [6, 6.07) is -0.719. The molecule has 0 aromatic rings. The maximum atomic E-state index is 13.1. The van der Waals surface area contributed by atoms with E-state index < -0.39 is 49.5 Å². The molecule has 1 rings (SSSR count).